The SMILES string of the molecule is CCCc1cc(Cl)ccc1C1COc2ccc3cc2N(C1)CC1CCC1C(OCC(=O)O)/C=C/CCN(C)C(=O)C[C@@]3(C)O.O=CNSC1CC1. The molecule has 0 radical (unpaired) electrons. The van der Waals surface area contributed by atoms with Crippen molar-refractivity contribution in [1.29, 1.82) is 0 Å². The molecule has 2 amide bonds. The second-order valence-electron chi connectivity index (χ2n) is 14.4. The maximum absolute atomic E-state index is 13.1. The number of aryl methyl sites for hydroxylation is 1. The molecular formula is C39H52ClN3O7S. The van der Waals surface area contributed by atoms with Gasteiger partial charge in [0.1, 0.15) is 12.4 Å². The van der Waals surface area contributed by atoms with Gasteiger partial charge in [-0.15, -0.1) is 0 Å². The highest BCUT2D eigenvalue weighted by Crippen LogP contribution is 2.44. The molecule has 0 aromatic heterocycles. The van der Waals surface area contributed by atoms with Crippen molar-refractivity contribution < 1.29 is 34.1 Å². The molecule has 2 fully saturated rings. The van der Waals surface area contributed by atoms with Gasteiger partial charge in [0.15, 0.2) is 0 Å². The summed E-state index contributed by atoms with van der Waals surface area (Å²) < 4.78 is 15.0. The number of carboxylic acids is 1. The maximum Gasteiger partial charge on any atom is 0.329 e. The minimum atomic E-state index is -1.36. The van der Waals surface area contributed by atoms with Crippen molar-refractivity contribution in [2.75, 3.05) is 44.8 Å². The van der Waals surface area contributed by atoms with Gasteiger partial charge >= 0.3 is 5.97 Å². The highest BCUT2D eigenvalue weighted by molar-refractivity contribution is 7.98. The number of benzene rings is 2. The van der Waals surface area contributed by atoms with E-state index in [0.717, 1.165) is 60.3 Å². The van der Waals surface area contributed by atoms with Crippen molar-refractivity contribution in [2.24, 2.45) is 11.8 Å². The first-order chi connectivity index (χ1) is 24.5. The first-order valence-corrected chi connectivity index (χ1v) is 19.4. The number of hydrogen-bond acceptors (Lipinski definition) is 8. The summed E-state index contributed by atoms with van der Waals surface area (Å²) in [6.45, 7) is 5.95. The molecule has 0 spiro atoms. The van der Waals surface area contributed by atoms with Crippen LogP contribution in [0.1, 0.15) is 81.4 Å². The van der Waals surface area contributed by atoms with Crippen molar-refractivity contribution in [3.8, 4) is 5.75 Å². The molecule has 4 aliphatic rings. The Morgan fingerprint density at radius 1 is 1.18 bits per heavy atom. The normalized spacial score (nSPS) is 27.0. The number of rotatable bonds is 9. The molecule has 2 aromatic rings. The molecule has 10 nitrogen and oxygen atoms in total. The molecule has 12 heteroatoms. The molecule has 2 aromatic carbocycles. The molecule has 51 heavy (non-hydrogen) atoms. The predicted molar refractivity (Wildman–Crippen MR) is 201 cm³/mol. The second-order valence-corrected chi connectivity index (χ2v) is 16.0. The fourth-order valence-electron chi connectivity index (χ4n) is 7.14. The van der Waals surface area contributed by atoms with E-state index in [1.165, 1.54) is 35.9 Å². The third-order valence-electron chi connectivity index (χ3n) is 10.3. The van der Waals surface area contributed by atoms with E-state index in [4.69, 9.17) is 21.1 Å². The van der Waals surface area contributed by atoms with E-state index in [0.29, 0.717) is 31.7 Å². The zero-order valence-corrected chi connectivity index (χ0v) is 31.5. The average molecular weight is 742 g/mol. The Morgan fingerprint density at radius 2 is 1.98 bits per heavy atom. The molecule has 5 atom stereocenters. The van der Waals surface area contributed by atoms with Gasteiger partial charge in [-0.2, -0.15) is 0 Å². The molecule has 0 saturated heterocycles. The Morgan fingerprint density at radius 3 is 2.67 bits per heavy atom. The summed E-state index contributed by atoms with van der Waals surface area (Å²) in [6, 6.07) is 11.9. The zero-order chi connectivity index (χ0) is 36.5. The third kappa shape index (κ3) is 10.7. The summed E-state index contributed by atoms with van der Waals surface area (Å²) in [5.41, 5.74) is 2.67. The lowest BCUT2D eigenvalue weighted by molar-refractivity contribution is -0.145. The van der Waals surface area contributed by atoms with Gasteiger partial charge in [0, 0.05) is 42.9 Å². The molecule has 2 aliphatic carbocycles. The maximum atomic E-state index is 13.1. The van der Waals surface area contributed by atoms with Gasteiger partial charge in [-0.3, -0.25) is 9.59 Å². The van der Waals surface area contributed by atoms with Gasteiger partial charge in [0.25, 0.3) is 0 Å². The van der Waals surface area contributed by atoms with Gasteiger partial charge in [-0.25, -0.2) is 4.79 Å². The number of carbonyl (C=O) groups is 3. The van der Waals surface area contributed by atoms with Crippen molar-refractivity contribution in [3.05, 3.63) is 70.3 Å². The van der Waals surface area contributed by atoms with E-state index in [1.807, 2.05) is 36.4 Å². The fourth-order valence-corrected chi connectivity index (χ4v) is 7.95. The van der Waals surface area contributed by atoms with Crippen LogP contribution in [-0.2, 0) is 31.1 Å². The van der Waals surface area contributed by atoms with Gasteiger partial charge in [0.2, 0.25) is 12.3 Å². The van der Waals surface area contributed by atoms with Gasteiger partial charge in [-0.05, 0) is 110 Å². The lowest BCUT2D eigenvalue weighted by Gasteiger charge is -2.44. The summed E-state index contributed by atoms with van der Waals surface area (Å²) in [4.78, 5) is 38.2. The van der Waals surface area contributed by atoms with Crippen molar-refractivity contribution >= 4 is 47.5 Å². The molecule has 2 aliphatic heterocycles. The molecule has 4 unspecified atom stereocenters. The van der Waals surface area contributed by atoms with Gasteiger partial charge in [-0.1, -0.05) is 49.2 Å². The van der Waals surface area contributed by atoms with E-state index >= 15 is 0 Å². The smallest absolute Gasteiger partial charge is 0.329 e. The summed E-state index contributed by atoms with van der Waals surface area (Å²) in [6.07, 6.45) is 11.4. The van der Waals surface area contributed by atoms with Gasteiger partial charge < -0.3 is 34.2 Å². The molecule has 2 bridgehead atoms. The zero-order valence-electron chi connectivity index (χ0n) is 29.9. The summed E-state index contributed by atoms with van der Waals surface area (Å²) in [5.74, 6) is 0.148. The topological polar surface area (TPSA) is 129 Å². The first kappa shape index (κ1) is 39.0. The summed E-state index contributed by atoms with van der Waals surface area (Å²) >= 11 is 7.93. The molecule has 278 valence electrons. The number of hydrogen-bond donors (Lipinski definition) is 3. The van der Waals surface area contributed by atoms with E-state index in [-0.39, 0.29) is 42.8 Å². The standard InChI is InChI=1S/C35H45ClN2O6.C4H7NOS/c1-4-7-23-16-27(36)11-13-28(23)25-20-38-19-24-9-12-29(24)31(44-22-34(40)41)8-5-6-15-37(3)33(39)18-35(2,42)26-10-14-32(43-21-25)30(38)17-26;6-3-5-7-4-1-2-4/h5,8,10-11,13-14,16-17,24-25,29,31,42H,4,6-7,9,12,15,18-22H2,1-3H3,(H,40,41);3-4H,1-2H2,(H,5,6)/b8-5+;/t24?,25?,29?,31?,35-;/m1./s1. The molecule has 3 N–H and O–H groups in total. The Kier molecular flexibility index (Phi) is 13.7. The van der Waals surface area contributed by atoms with Crippen molar-refractivity contribution in [3.63, 3.8) is 0 Å². The fraction of sp³-hybridized carbons (Fsp3) is 0.564. The lowest BCUT2D eigenvalue weighted by Crippen LogP contribution is -2.45. The Balaban J connectivity index is 0.000000643. The van der Waals surface area contributed by atoms with Crippen LogP contribution in [0.4, 0.5) is 5.69 Å². The number of halogens is 1. The minimum Gasteiger partial charge on any atom is -0.491 e. The first-order valence-electron chi connectivity index (χ1n) is 18.1. The molecule has 2 heterocycles. The Hall–Kier alpha value is -3.25. The van der Waals surface area contributed by atoms with E-state index < -0.39 is 11.6 Å². The van der Waals surface area contributed by atoms with Crippen LogP contribution >= 0.6 is 23.5 Å². The quantitative estimate of drug-likeness (QED) is 0.154. The van der Waals surface area contributed by atoms with Gasteiger partial charge in [0.05, 0.1) is 30.4 Å². The number of anilines is 1. The number of fused-ring (bicyclic) bond motifs is 2. The number of nitrogens with one attached hydrogen (secondary N) is 1. The number of ether oxygens (including phenoxy) is 2. The highest BCUT2D eigenvalue weighted by Gasteiger charge is 2.40. The number of aliphatic carboxylic acids is 1. The third-order valence-corrected chi connectivity index (χ3v) is 11.6. The van der Waals surface area contributed by atoms with Crippen molar-refractivity contribution in [2.45, 2.75) is 88.1 Å². The Labute approximate surface area is 311 Å². The van der Waals surface area contributed by atoms with Crippen LogP contribution in [0, 0.1) is 11.8 Å². The molecular weight excluding hydrogens is 690 g/mol. The number of carbonyl (C=O) groups excluding carboxylic acids is 2. The average Bonchev–Trinajstić information content (AvgIpc) is 3.93. The molecule has 6 rings (SSSR count). The highest BCUT2D eigenvalue weighted by atomic mass is 35.5. The van der Waals surface area contributed by atoms with Crippen LogP contribution in [0.25, 0.3) is 0 Å². The van der Waals surface area contributed by atoms with E-state index in [1.54, 1.807) is 18.9 Å². The summed E-state index contributed by atoms with van der Waals surface area (Å²) in [5, 5.41) is 22.4. The molecule has 2 saturated carbocycles. The van der Waals surface area contributed by atoms with E-state index in [2.05, 4.69) is 28.7 Å². The number of amides is 2. The minimum absolute atomic E-state index is 0.0460. The largest absolute Gasteiger partial charge is 0.491 e. The summed E-state index contributed by atoms with van der Waals surface area (Å²) in [7, 11) is 1.74. The van der Waals surface area contributed by atoms with Crippen LogP contribution in [-0.4, -0.2) is 84.6 Å². The number of nitrogens with zero attached hydrogens (tertiary/aromatic N) is 2. The van der Waals surface area contributed by atoms with Crippen LogP contribution < -0.4 is 14.4 Å². The van der Waals surface area contributed by atoms with E-state index in [9.17, 15) is 24.6 Å². The monoisotopic (exact) mass is 741 g/mol. The number of carboxylic acid groups (broad SMARTS) is 1. The van der Waals surface area contributed by atoms with Crippen LogP contribution in [0.15, 0.2) is 48.6 Å². The Bertz CT molecular complexity index is 1550. The lowest BCUT2D eigenvalue weighted by atomic mass is 9.70. The predicted octanol–water partition coefficient (Wildman–Crippen LogP) is 6.33. The van der Waals surface area contributed by atoms with Crippen molar-refractivity contribution in [1.82, 2.24) is 9.62 Å². The van der Waals surface area contributed by atoms with Crippen LogP contribution in [0.5, 0.6) is 5.75 Å². The second kappa shape index (κ2) is 18.0. The van der Waals surface area contributed by atoms with Crippen LogP contribution in [0.3, 0.4) is 0 Å². The number of aliphatic hydroxyl groups is 1. The van der Waals surface area contributed by atoms with Crippen LogP contribution in [0.2, 0.25) is 5.02 Å².